The molecule has 30 heavy (non-hydrogen) atoms. The molecule has 0 amide bonds. The van der Waals surface area contributed by atoms with Crippen molar-refractivity contribution in [1.82, 2.24) is 5.01 Å². The quantitative estimate of drug-likeness (QED) is 0.468. The Kier molecular flexibility index (Phi) is 5.89. The summed E-state index contributed by atoms with van der Waals surface area (Å²) in [5, 5.41) is 7.38. The van der Waals surface area contributed by atoms with Crippen LogP contribution in [0.25, 0.3) is 0 Å². The first-order valence-corrected chi connectivity index (χ1v) is 10.6. The molecule has 1 saturated heterocycles. The molecule has 1 fully saturated rings. The molecule has 0 unspecified atom stereocenters. The molecule has 0 aliphatic carbocycles. The molecular weight excluding hydrogens is 368 g/mol. The van der Waals surface area contributed by atoms with Crippen LogP contribution in [0.5, 0.6) is 5.75 Å². The lowest BCUT2D eigenvalue weighted by Crippen LogP contribution is -2.30. The number of hydrogen-bond acceptors (Lipinski definition) is 3. The first-order chi connectivity index (χ1) is 14.6. The second-order valence-electron chi connectivity index (χ2n) is 8.75. The predicted octanol–water partition coefficient (Wildman–Crippen LogP) is 6.11. The Morgan fingerprint density at radius 2 is 1.57 bits per heavy atom. The zero-order valence-corrected chi connectivity index (χ0v) is 18.0. The number of methoxy groups -OCH3 is 1. The highest BCUT2D eigenvalue weighted by molar-refractivity contribution is 5.79. The smallest absolute Gasteiger partial charge is 0.118 e. The van der Waals surface area contributed by atoms with Crippen molar-refractivity contribution in [3.63, 3.8) is 0 Å². The first-order valence-electron chi connectivity index (χ1n) is 10.6. The topological polar surface area (TPSA) is 24.8 Å². The van der Waals surface area contributed by atoms with Gasteiger partial charge in [0.15, 0.2) is 0 Å². The highest BCUT2D eigenvalue weighted by Gasteiger charge is 2.46. The summed E-state index contributed by atoms with van der Waals surface area (Å²) in [6, 6.07) is 30.1. The summed E-state index contributed by atoms with van der Waals surface area (Å²) in [5.74, 6) is 0.884. The standard InChI is InChI=1S/C27H30N2O/c1-27(2)19-24(18-21-10-6-4-7-11-21)29(28-20-22-12-8-5-9-13-22)26(27)23-14-16-25(30-3)17-15-23/h4-17,20,24,26H,18-19H2,1-3H3/b28-20+/t24-,26+/m0/s1. The molecule has 0 spiro atoms. The van der Waals surface area contributed by atoms with Crippen molar-refractivity contribution in [2.75, 3.05) is 7.11 Å². The summed E-state index contributed by atoms with van der Waals surface area (Å²) in [7, 11) is 1.71. The van der Waals surface area contributed by atoms with Crippen molar-refractivity contribution in [2.45, 2.75) is 38.8 Å². The number of benzene rings is 3. The molecule has 3 aromatic rings. The minimum atomic E-state index is 0.0993. The second-order valence-corrected chi connectivity index (χ2v) is 8.75. The van der Waals surface area contributed by atoms with E-state index in [1.165, 1.54) is 11.1 Å². The average molecular weight is 399 g/mol. The van der Waals surface area contributed by atoms with E-state index < -0.39 is 0 Å². The van der Waals surface area contributed by atoms with E-state index in [1.807, 2.05) is 12.3 Å². The number of ether oxygens (including phenoxy) is 1. The van der Waals surface area contributed by atoms with Gasteiger partial charge in [-0.15, -0.1) is 0 Å². The molecule has 2 atom stereocenters. The third-order valence-corrected chi connectivity index (χ3v) is 6.03. The summed E-state index contributed by atoms with van der Waals surface area (Å²) in [6.45, 7) is 4.72. The van der Waals surface area contributed by atoms with E-state index in [9.17, 15) is 0 Å². The second kappa shape index (κ2) is 8.74. The summed E-state index contributed by atoms with van der Waals surface area (Å²) < 4.78 is 5.37. The number of hydrazone groups is 1. The van der Waals surface area contributed by atoms with Gasteiger partial charge in [-0.05, 0) is 47.1 Å². The van der Waals surface area contributed by atoms with Gasteiger partial charge in [0.25, 0.3) is 0 Å². The Bertz CT molecular complexity index is 965. The molecule has 0 radical (unpaired) electrons. The lowest BCUT2D eigenvalue weighted by molar-refractivity contribution is 0.162. The highest BCUT2D eigenvalue weighted by Crippen LogP contribution is 2.50. The molecule has 3 nitrogen and oxygen atoms in total. The number of nitrogens with zero attached hydrogens (tertiary/aromatic N) is 2. The van der Waals surface area contributed by atoms with Gasteiger partial charge in [-0.3, -0.25) is 5.01 Å². The molecule has 4 rings (SSSR count). The predicted molar refractivity (Wildman–Crippen MR) is 124 cm³/mol. The van der Waals surface area contributed by atoms with Gasteiger partial charge in [0.05, 0.1) is 25.4 Å². The Hall–Kier alpha value is -3.07. The maximum atomic E-state index is 5.37. The SMILES string of the molecule is COc1ccc([C@H]2N(/N=C/c3ccccc3)[C@@H](Cc3ccccc3)CC2(C)C)cc1. The monoisotopic (exact) mass is 398 g/mol. The van der Waals surface area contributed by atoms with E-state index in [1.54, 1.807) is 7.11 Å². The van der Waals surface area contributed by atoms with Crippen LogP contribution >= 0.6 is 0 Å². The third kappa shape index (κ3) is 4.40. The Morgan fingerprint density at radius 1 is 0.933 bits per heavy atom. The molecule has 0 bridgehead atoms. The van der Waals surface area contributed by atoms with Crippen LogP contribution < -0.4 is 4.74 Å². The maximum absolute atomic E-state index is 5.37. The third-order valence-electron chi connectivity index (χ3n) is 6.03. The fraction of sp³-hybridized carbons (Fsp3) is 0.296. The minimum Gasteiger partial charge on any atom is -0.497 e. The van der Waals surface area contributed by atoms with Gasteiger partial charge in [-0.25, -0.2) is 0 Å². The van der Waals surface area contributed by atoms with Gasteiger partial charge in [0, 0.05) is 0 Å². The lowest BCUT2D eigenvalue weighted by atomic mass is 9.80. The Balaban J connectivity index is 1.69. The zero-order chi connectivity index (χ0) is 21.0. The van der Waals surface area contributed by atoms with Crippen LogP contribution in [-0.4, -0.2) is 24.4 Å². The maximum Gasteiger partial charge on any atom is 0.118 e. The lowest BCUT2D eigenvalue weighted by Gasteiger charge is -2.33. The van der Waals surface area contributed by atoms with E-state index in [-0.39, 0.29) is 11.5 Å². The molecule has 0 N–H and O–H groups in total. The zero-order valence-electron chi connectivity index (χ0n) is 18.0. The molecule has 154 valence electrons. The fourth-order valence-corrected chi connectivity index (χ4v) is 4.66. The summed E-state index contributed by atoms with van der Waals surface area (Å²) in [4.78, 5) is 0. The van der Waals surface area contributed by atoms with Gasteiger partial charge >= 0.3 is 0 Å². The Morgan fingerprint density at radius 3 is 2.20 bits per heavy atom. The minimum absolute atomic E-state index is 0.0993. The summed E-state index contributed by atoms with van der Waals surface area (Å²) in [5.41, 5.74) is 3.85. The molecule has 1 heterocycles. The fourth-order valence-electron chi connectivity index (χ4n) is 4.66. The molecule has 3 heteroatoms. The van der Waals surface area contributed by atoms with Crippen LogP contribution in [0.1, 0.15) is 43.0 Å². The van der Waals surface area contributed by atoms with E-state index >= 15 is 0 Å². The molecule has 0 saturated carbocycles. The van der Waals surface area contributed by atoms with Crippen LogP contribution in [0.2, 0.25) is 0 Å². The molecular formula is C27H30N2O. The van der Waals surface area contributed by atoms with Crippen LogP contribution in [0.3, 0.4) is 0 Å². The number of hydrogen-bond donors (Lipinski definition) is 0. The van der Waals surface area contributed by atoms with Gasteiger partial charge in [0.1, 0.15) is 5.75 Å². The highest BCUT2D eigenvalue weighted by atomic mass is 16.5. The van der Waals surface area contributed by atoms with Crippen molar-refractivity contribution in [1.29, 1.82) is 0 Å². The molecule has 1 aliphatic rings. The first kappa shape index (κ1) is 20.2. The number of rotatable bonds is 6. The van der Waals surface area contributed by atoms with Crippen molar-refractivity contribution >= 4 is 6.21 Å². The molecule has 1 aliphatic heterocycles. The van der Waals surface area contributed by atoms with Gasteiger partial charge in [0.2, 0.25) is 0 Å². The Labute approximate surface area is 180 Å². The normalized spacial score (nSPS) is 20.6. The molecule has 0 aromatic heterocycles. The van der Waals surface area contributed by atoms with Crippen LogP contribution in [0.4, 0.5) is 0 Å². The average Bonchev–Trinajstić information content (AvgIpc) is 3.02. The van der Waals surface area contributed by atoms with E-state index in [2.05, 4.69) is 97.7 Å². The largest absolute Gasteiger partial charge is 0.497 e. The van der Waals surface area contributed by atoms with Gasteiger partial charge in [-0.1, -0.05) is 86.6 Å². The van der Waals surface area contributed by atoms with E-state index in [0.29, 0.717) is 6.04 Å². The van der Waals surface area contributed by atoms with E-state index in [4.69, 9.17) is 9.84 Å². The van der Waals surface area contributed by atoms with Gasteiger partial charge < -0.3 is 4.74 Å². The summed E-state index contributed by atoms with van der Waals surface area (Å²) >= 11 is 0. The molecule has 3 aromatic carbocycles. The van der Waals surface area contributed by atoms with E-state index in [0.717, 1.165) is 24.2 Å². The van der Waals surface area contributed by atoms with Gasteiger partial charge in [-0.2, -0.15) is 5.10 Å². The van der Waals surface area contributed by atoms with Crippen molar-refractivity contribution < 1.29 is 4.74 Å². The van der Waals surface area contributed by atoms with Crippen LogP contribution in [0.15, 0.2) is 90.0 Å². The summed E-state index contributed by atoms with van der Waals surface area (Å²) in [6.07, 6.45) is 4.07. The van der Waals surface area contributed by atoms with Crippen LogP contribution in [-0.2, 0) is 6.42 Å². The van der Waals surface area contributed by atoms with Crippen LogP contribution in [0, 0.1) is 5.41 Å². The van der Waals surface area contributed by atoms with Crippen molar-refractivity contribution in [3.05, 3.63) is 102 Å². The van der Waals surface area contributed by atoms with Crippen molar-refractivity contribution in [2.24, 2.45) is 10.5 Å². The van der Waals surface area contributed by atoms with Crippen molar-refractivity contribution in [3.8, 4) is 5.75 Å².